The van der Waals surface area contributed by atoms with Gasteiger partial charge in [-0.2, -0.15) is 4.98 Å². The predicted molar refractivity (Wildman–Crippen MR) is 101 cm³/mol. The topological polar surface area (TPSA) is 59.2 Å². The second-order valence-corrected chi connectivity index (χ2v) is 7.57. The van der Waals surface area contributed by atoms with Crippen molar-refractivity contribution in [2.45, 2.75) is 37.1 Å². The Morgan fingerprint density at radius 2 is 1.86 bits per heavy atom. The first-order chi connectivity index (χ1) is 13.7. The highest BCUT2D eigenvalue weighted by atomic mass is 19.1. The first kappa shape index (κ1) is 17.1. The Hall–Kier alpha value is -3.02. The van der Waals surface area contributed by atoms with Gasteiger partial charge in [-0.05, 0) is 43.4 Å². The molecule has 1 aromatic heterocycles. The molecule has 5 rings (SSSR count). The molecule has 0 spiro atoms. The Labute approximate surface area is 162 Å². The largest absolute Gasteiger partial charge is 0.337 e. The first-order valence-electron chi connectivity index (χ1n) is 9.63. The molecule has 0 unspecified atom stereocenters. The zero-order chi connectivity index (χ0) is 19.1. The third-order valence-electron chi connectivity index (χ3n) is 5.83. The van der Waals surface area contributed by atoms with Gasteiger partial charge in [-0.3, -0.25) is 4.79 Å². The van der Waals surface area contributed by atoms with E-state index in [0.717, 1.165) is 36.8 Å². The maximum atomic E-state index is 13.4. The molecule has 0 bridgehead atoms. The summed E-state index contributed by atoms with van der Waals surface area (Å²) in [6.07, 6.45) is 3.29. The summed E-state index contributed by atoms with van der Waals surface area (Å²) in [6.45, 7) is 0.676. The Kier molecular flexibility index (Phi) is 4.00. The molecule has 1 aliphatic carbocycles. The molecular weight excluding hydrogens is 357 g/mol. The number of likely N-dealkylation sites (tertiary alicyclic amines) is 1. The van der Waals surface area contributed by atoms with E-state index in [4.69, 9.17) is 4.52 Å². The van der Waals surface area contributed by atoms with Gasteiger partial charge in [0, 0.05) is 12.1 Å². The molecule has 0 N–H and O–H groups in total. The normalized spacial score (nSPS) is 20.3. The number of hydrogen-bond donors (Lipinski definition) is 0. The number of carbonyl (C=O) groups is 1. The first-order valence-corrected chi connectivity index (χ1v) is 9.63. The quantitative estimate of drug-likeness (QED) is 0.681. The predicted octanol–water partition coefficient (Wildman–Crippen LogP) is 4.27. The van der Waals surface area contributed by atoms with Crippen molar-refractivity contribution in [1.82, 2.24) is 15.0 Å². The molecule has 2 fully saturated rings. The van der Waals surface area contributed by atoms with Crippen molar-refractivity contribution in [2.24, 2.45) is 0 Å². The van der Waals surface area contributed by atoms with Crippen molar-refractivity contribution in [3.8, 4) is 11.4 Å². The summed E-state index contributed by atoms with van der Waals surface area (Å²) in [5.74, 6) is 0.820. The SMILES string of the molecule is O=C(N1CCC[C@H]1c1nc(-c2ccccc2)no1)C1(c2ccc(F)cc2)CC1. The van der Waals surface area contributed by atoms with Crippen LogP contribution in [0.1, 0.15) is 43.2 Å². The minimum Gasteiger partial charge on any atom is -0.337 e. The van der Waals surface area contributed by atoms with Crippen LogP contribution in [0.3, 0.4) is 0 Å². The number of benzene rings is 2. The molecule has 1 aliphatic heterocycles. The minimum atomic E-state index is -0.529. The van der Waals surface area contributed by atoms with E-state index in [-0.39, 0.29) is 17.8 Å². The third-order valence-corrected chi connectivity index (χ3v) is 5.83. The molecule has 0 radical (unpaired) electrons. The zero-order valence-corrected chi connectivity index (χ0v) is 15.3. The highest BCUT2D eigenvalue weighted by Gasteiger charge is 2.55. The van der Waals surface area contributed by atoms with Crippen LogP contribution in [-0.4, -0.2) is 27.5 Å². The number of aromatic nitrogens is 2. The van der Waals surface area contributed by atoms with Crippen LogP contribution >= 0.6 is 0 Å². The average molecular weight is 377 g/mol. The number of halogens is 1. The molecular formula is C22H20FN3O2. The van der Waals surface area contributed by atoms with Crippen LogP contribution in [0.5, 0.6) is 0 Å². The molecule has 5 nitrogen and oxygen atoms in total. The molecule has 1 atom stereocenters. The average Bonchev–Trinajstić information content (AvgIpc) is 3.16. The molecule has 6 heteroatoms. The van der Waals surface area contributed by atoms with Gasteiger partial charge in [0.25, 0.3) is 0 Å². The van der Waals surface area contributed by atoms with Gasteiger partial charge in [-0.15, -0.1) is 0 Å². The Bertz CT molecular complexity index is 996. The van der Waals surface area contributed by atoms with Gasteiger partial charge in [0.15, 0.2) is 0 Å². The summed E-state index contributed by atoms with van der Waals surface area (Å²) in [4.78, 5) is 19.9. The van der Waals surface area contributed by atoms with E-state index in [1.54, 1.807) is 12.1 Å². The van der Waals surface area contributed by atoms with Crippen LogP contribution in [0.15, 0.2) is 59.1 Å². The van der Waals surface area contributed by atoms with Crippen molar-refractivity contribution in [3.05, 3.63) is 71.9 Å². The summed E-state index contributed by atoms with van der Waals surface area (Å²) >= 11 is 0. The summed E-state index contributed by atoms with van der Waals surface area (Å²) in [5.41, 5.74) is 1.25. The van der Waals surface area contributed by atoms with E-state index >= 15 is 0 Å². The van der Waals surface area contributed by atoms with Crippen LogP contribution in [0.25, 0.3) is 11.4 Å². The number of amides is 1. The van der Waals surface area contributed by atoms with Crippen LogP contribution < -0.4 is 0 Å². The van der Waals surface area contributed by atoms with Gasteiger partial charge < -0.3 is 9.42 Å². The van der Waals surface area contributed by atoms with E-state index < -0.39 is 5.41 Å². The summed E-state index contributed by atoms with van der Waals surface area (Å²) < 4.78 is 18.8. The fraction of sp³-hybridized carbons (Fsp3) is 0.318. The van der Waals surface area contributed by atoms with Gasteiger partial charge in [0.05, 0.1) is 5.41 Å². The highest BCUT2D eigenvalue weighted by Crippen LogP contribution is 2.51. The van der Waals surface area contributed by atoms with Crippen LogP contribution in [-0.2, 0) is 10.2 Å². The molecule has 142 valence electrons. The molecule has 1 saturated heterocycles. The Morgan fingerprint density at radius 1 is 1.11 bits per heavy atom. The van der Waals surface area contributed by atoms with Crippen LogP contribution in [0, 0.1) is 5.82 Å². The number of hydrogen-bond acceptors (Lipinski definition) is 4. The lowest BCUT2D eigenvalue weighted by atomic mass is 9.94. The van der Waals surface area contributed by atoms with Gasteiger partial charge in [0.2, 0.25) is 17.6 Å². The summed E-state index contributed by atoms with van der Waals surface area (Å²) in [5, 5.41) is 4.10. The Morgan fingerprint density at radius 3 is 2.57 bits per heavy atom. The summed E-state index contributed by atoms with van der Waals surface area (Å²) in [6, 6.07) is 15.8. The maximum absolute atomic E-state index is 13.4. The minimum absolute atomic E-state index is 0.0843. The lowest BCUT2D eigenvalue weighted by molar-refractivity contribution is -0.135. The van der Waals surface area contributed by atoms with Crippen molar-refractivity contribution in [3.63, 3.8) is 0 Å². The van der Waals surface area contributed by atoms with Gasteiger partial charge in [0.1, 0.15) is 11.9 Å². The standard InChI is InChI=1S/C22H20FN3O2/c23-17-10-8-16(9-11-17)22(12-13-22)21(27)26-14-4-7-18(26)20-24-19(25-28-20)15-5-2-1-3-6-15/h1-3,5-6,8-11,18H,4,7,12-14H2/t18-/m0/s1. The van der Waals surface area contributed by atoms with Gasteiger partial charge in [-0.25, -0.2) is 4.39 Å². The molecule has 1 amide bonds. The van der Waals surface area contributed by atoms with Gasteiger partial charge in [-0.1, -0.05) is 47.6 Å². The molecule has 2 aromatic carbocycles. The third kappa shape index (κ3) is 2.80. The molecule has 2 aliphatic rings. The van der Waals surface area contributed by atoms with Gasteiger partial charge >= 0.3 is 0 Å². The van der Waals surface area contributed by atoms with Crippen molar-refractivity contribution in [2.75, 3.05) is 6.54 Å². The van der Waals surface area contributed by atoms with Crippen LogP contribution in [0.4, 0.5) is 4.39 Å². The van der Waals surface area contributed by atoms with Crippen molar-refractivity contribution >= 4 is 5.91 Å². The molecule has 2 heterocycles. The number of carbonyl (C=O) groups excluding carboxylic acids is 1. The molecule has 3 aromatic rings. The zero-order valence-electron chi connectivity index (χ0n) is 15.3. The monoisotopic (exact) mass is 377 g/mol. The fourth-order valence-electron chi connectivity index (χ4n) is 4.14. The molecule has 28 heavy (non-hydrogen) atoms. The van der Waals surface area contributed by atoms with Crippen molar-refractivity contribution in [1.29, 1.82) is 0 Å². The summed E-state index contributed by atoms with van der Waals surface area (Å²) in [7, 11) is 0. The number of nitrogens with zero attached hydrogens (tertiary/aromatic N) is 3. The second-order valence-electron chi connectivity index (χ2n) is 7.57. The highest BCUT2D eigenvalue weighted by molar-refractivity contribution is 5.91. The smallest absolute Gasteiger partial charge is 0.249 e. The fourth-order valence-corrected chi connectivity index (χ4v) is 4.14. The number of rotatable bonds is 4. The van der Waals surface area contributed by atoms with E-state index in [9.17, 15) is 9.18 Å². The lowest BCUT2D eigenvalue weighted by Crippen LogP contribution is -2.39. The van der Waals surface area contributed by atoms with E-state index in [0.29, 0.717) is 18.3 Å². The van der Waals surface area contributed by atoms with E-state index in [1.807, 2.05) is 35.2 Å². The van der Waals surface area contributed by atoms with Crippen LogP contribution in [0.2, 0.25) is 0 Å². The van der Waals surface area contributed by atoms with Crippen molar-refractivity contribution < 1.29 is 13.7 Å². The van der Waals surface area contributed by atoms with E-state index in [1.165, 1.54) is 12.1 Å². The molecule has 1 saturated carbocycles. The van der Waals surface area contributed by atoms with E-state index in [2.05, 4.69) is 10.1 Å². The second kappa shape index (κ2) is 6.55. The maximum Gasteiger partial charge on any atom is 0.249 e. The Balaban J connectivity index is 1.41. The lowest BCUT2D eigenvalue weighted by Gasteiger charge is -2.27.